The van der Waals surface area contributed by atoms with Crippen LogP contribution in [-0.2, 0) is 16.6 Å². The van der Waals surface area contributed by atoms with Gasteiger partial charge in [0.1, 0.15) is 11.6 Å². The molecule has 0 unspecified atom stereocenters. The quantitative estimate of drug-likeness (QED) is 0.292. The van der Waals surface area contributed by atoms with E-state index >= 15 is 0 Å². The number of aryl methyl sites for hydroxylation is 1. The second-order valence-electron chi connectivity index (χ2n) is 7.86. The van der Waals surface area contributed by atoms with Gasteiger partial charge in [-0.1, -0.05) is 17.7 Å². The van der Waals surface area contributed by atoms with Crippen molar-refractivity contribution in [3.05, 3.63) is 100 Å². The first-order chi connectivity index (χ1) is 16.2. The van der Waals surface area contributed by atoms with E-state index in [9.17, 15) is 17.2 Å². The van der Waals surface area contributed by atoms with Crippen LogP contribution in [0.15, 0.2) is 82.6 Å². The highest BCUT2D eigenvalue weighted by molar-refractivity contribution is 9.10. The van der Waals surface area contributed by atoms with Crippen molar-refractivity contribution in [3.63, 3.8) is 0 Å². The maximum atomic E-state index is 13.5. The number of fused-ring (bicyclic) bond motifs is 1. The average molecular weight is 543 g/mol. The summed E-state index contributed by atoms with van der Waals surface area (Å²) >= 11 is 3.40. The number of rotatable bonds is 5. The number of hydrogen-bond acceptors (Lipinski definition) is 4. The van der Waals surface area contributed by atoms with Crippen LogP contribution < -0.4 is 0 Å². The zero-order valence-electron chi connectivity index (χ0n) is 17.8. The van der Waals surface area contributed by atoms with Gasteiger partial charge in [0.05, 0.1) is 17.1 Å². The summed E-state index contributed by atoms with van der Waals surface area (Å²) in [4.78, 5) is 4.49. The summed E-state index contributed by atoms with van der Waals surface area (Å²) in [6, 6.07) is 13.4. The third kappa shape index (κ3) is 4.14. The first-order valence-corrected chi connectivity index (χ1v) is 12.4. The number of aromatic nitrogens is 4. The standard InChI is InChI=1S/C24H17BrF2N4O2S/c1-15-2-4-20(5-3-15)34(32,33)31-14-22(21-10-17(25)12-28-24(21)31)23-6-7-30(29-23)13-16-8-18(26)11-19(27)9-16/h2-12,14H,13H2,1H3. The summed E-state index contributed by atoms with van der Waals surface area (Å²) in [5.74, 6) is -1.33. The first-order valence-electron chi connectivity index (χ1n) is 10.2. The fourth-order valence-electron chi connectivity index (χ4n) is 3.75. The molecule has 3 heterocycles. The number of pyridine rings is 1. The highest BCUT2D eigenvalue weighted by Crippen LogP contribution is 2.33. The molecule has 2 aromatic carbocycles. The van der Waals surface area contributed by atoms with Crippen LogP contribution in [0.25, 0.3) is 22.3 Å². The molecule has 0 aliphatic carbocycles. The monoisotopic (exact) mass is 542 g/mol. The van der Waals surface area contributed by atoms with Gasteiger partial charge < -0.3 is 0 Å². The smallest absolute Gasteiger partial charge is 0.268 e. The Kier molecular flexibility index (Phi) is 5.57. The van der Waals surface area contributed by atoms with Crippen LogP contribution in [0.1, 0.15) is 11.1 Å². The predicted molar refractivity (Wildman–Crippen MR) is 128 cm³/mol. The van der Waals surface area contributed by atoms with E-state index in [1.165, 1.54) is 29.2 Å². The lowest BCUT2D eigenvalue weighted by Gasteiger charge is -2.07. The molecule has 0 spiro atoms. The van der Waals surface area contributed by atoms with Crippen LogP contribution in [0.3, 0.4) is 0 Å². The van der Waals surface area contributed by atoms with E-state index < -0.39 is 21.7 Å². The molecule has 0 amide bonds. The second kappa shape index (κ2) is 8.44. The molecule has 172 valence electrons. The van der Waals surface area contributed by atoms with Crippen LogP contribution in [0.2, 0.25) is 0 Å². The Morgan fingerprint density at radius 3 is 2.41 bits per heavy atom. The molecular formula is C24H17BrF2N4O2S. The predicted octanol–water partition coefficient (Wildman–Crippen LogP) is 5.53. The summed E-state index contributed by atoms with van der Waals surface area (Å²) in [6.45, 7) is 2.03. The van der Waals surface area contributed by atoms with E-state index in [1.807, 2.05) is 6.92 Å². The summed E-state index contributed by atoms with van der Waals surface area (Å²) in [6.07, 6.45) is 4.69. The van der Waals surface area contributed by atoms with E-state index in [1.54, 1.807) is 42.6 Å². The van der Waals surface area contributed by atoms with Gasteiger partial charge in [0, 0.05) is 40.1 Å². The van der Waals surface area contributed by atoms with Crippen molar-refractivity contribution < 1.29 is 17.2 Å². The van der Waals surface area contributed by atoms with Crippen LogP contribution >= 0.6 is 15.9 Å². The second-order valence-corrected chi connectivity index (χ2v) is 10.6. The number of benzene rings is 2. The van der Waals surface area contributed by atoms with Gasteiger partial charge in [-0.3, -0.25) is 4.68 Å². The Hall–Kier alpha value is -3.37. The molecule has 34 heavy (non-hydrogen) atoms. The first kappa shape index (κ1) is 22.4. The molecular weight excluding hydrogens is 526 g/mol. The number of halogens is 3. The Morgan fingerprint density at radius 2 is 1.71 bits per heavy atom. The molecule has 0 aliphatic heterocycles. The minimum Gasteiger partial charge on any atom is -0.268 e. The van der Waals surface area contributed by atoms with Crippen molar-refractivity contribution in [2.75, 3.05) is 0 Å². The Balaban J connectivity index is 1.60. The molecule has 0 fully saturated rings. The molecule has 6 nitrogen and oxygen atoms in total. The third-order valence-corrected chi connectivity index (χ3v) is 7.44. The zero-order chi connectivity index (χ0) is 24.0. The molecule has 0 N–H and O–H groups in total. The molecule has 5 aromatic rings. The lowest BCUT2D eigenvalue weighted by Crippen LogP contribution is -2.12. The fraction of sp³-hybridized carbons (Fsp3) is 0.0833. The third-order valence-electron chi connectivity index (χ3n) is 5.34. The molecule has 0 bridgehead atoms. The normalized spacial score (nSPS) is 11.9. The summed E-state index contributed by atoms with van der Waals surface area (Å²) in [5.41, 5.74) is 2.69. The Labute approximate surface area is 202 Å². The van der Waals surface area contributed by atoms with Gasteiger partial charge in [-0.25, -0.2) is 26.2 Å². The molecule has 0 radical (unpaired) electrons. The van der Waals surface area contributed by atoms with Crippen LogP contribution in [0.4, 0.5) is 8.78 Å². The van der Waals surface area contributed by atoms with Gasteiger partial charge >= 0.3 is 0 Å². The van der Waals surface area contributed by atoms with Gasteiger partial charge in [0.25, 0.3) is 10.0 Å². The van der Waals surface area contributed by atoms with Crippen molar-refractivity contribution in [2.45, 2.75) is 18.4 Å². The van der Waals surface area contributed by atoms with Crippen LogP contribution in [0.5, 0.6) is 0 Å². The van der Waals surface area contributed by atoms with Gasteiger partial charge in [-0.2, -0.15) is 5.10 Å². The van der Waals surface area contributed by atoms with Crippen molar-refractivity contribution in [2.24, 2.45) is 0 Å². The maximum absolute atomic E-state index is 13.5. The highest BCUT2D eigenvalue weighted by Gasteiger charge is 2.24. The van der Waals surface area contributed by atoms with Crippen molar-refractivity contribution >= 4 is 37.0 Å². The molecule has 10 heteroatoms. The van der Waals surface area contributed by atoms with Crippen molar-refractivity contribution in [3.8, 4) is 11.3 Å². The van der Waals surface area contributed by atoms with E-state index in [0.717, 1.165) is 15.6 Å². The lowest BCUT2D eigenvalue weighted by molar-refractivity contribution is 0.574. The van der Waals surface area contributed by atoms with Crippen LogP contribution in [-0.4, -0.2) is 27.2 Å². The minimum atomic E-state index is -3.91. The van der Waals surface area contributed by atoms with E-state index in [2.05, 4.69) is 26.0 Å². The molecule has 5 rings (SSSR count). The van der Waals surface area contributed by atoms with E-state index in [-0.39, 0.29) is 17.1 Å². The molecule has 0 atom stereocenters. The van der Waals surface area contributed by atoms with Crippen LogP contribution in [0, 0.1) is 18.6 Å². The molecule has 3 aromatic heterocycles. The minimum absolute atomic E-state index is 0.143. The highest BCUT2D eigenvalue weighted by atomic mass is 79.9. The Morgan fingerprint density at radius 1 is 1.00 bits per heavy atom. The van der Waals surface area contributed by atoms with Crippen molar-refractivity contribution in [1.29, 1.82) is 0 Å². The van der Waals surface area contributed by atoms with E-state index in [4.69, 9.17) is 0 Å². The SMILES string of the molecule is Cc1ccc(S(=O)(=O)n2cc(-c3ccn(Cc4cc(F)cc(F)c4)n3)c3cc(Br)cnc32)cc1. The van der Waals surface area contributed by atoms with Gasteiger partial charge in [-0.05, 0) is 64.8 Å². The van der Waals surface area contributed by atoms with Gasteiger partial charge in [0.15, 0.2) is 5.65 Å². The summed E-state index contributed by atoms with van der Waals surface area (Å²) in [5, 5.41) is 5.11. The largest absolute Gasteiger partial charge is 0.269 e. The summed E-state index contributed by atoms with van der Waals surface area (Å²) < 4.78 is 57.3. The van der Waals surface area contributed by atoms with Gasteiger partial charge in [-0.15, -0.1) is 0 Å². The molecule has 0 saturated carbocycles. The number of nitrogens with zero attached hydrogens (tertiary/aromatic N) is 4. The van der Waals surface area contributed by atoms with Gasteiger partial charge in [0.2, 0.25) is 0 Å². The fourth-order valence-corrected chi connectivity index (χ4v) is 5.40. The lowest BCUT2D eigenvalue weighted by atomic mass is 10.2. The van der Waals surface area contributed by atoms with Crippen molar-refractivity contribution in [1.82, 2.24) is 18.7 Å². The molecule has 0 saturated heterocycles. The average Bonchev–Trinajstić information content (AvgIpc) is 3.37. The molecule has 0 aliphatic rings. The van der Waals surface area contributed by atoms with E-state index in [0.29, 0.717) is 26.7 Å². The Bertz CT molecular complexity index is 1620. The maximum Gasteiger partial charge on any atom is 0.269 e. The number of hydrogen-bond donors (Lipinski definition) is 0. The zero-order valence-corrected chi connectivity index (χ0v) is 20.2. The topological polar surface area (TPSA) is 69.8 Å². The summed E-state index contributed by atoms with van der Waals surface area (Å²) in [7, 11) is -3.91.